The lowest BCUT2D eigenvalue weighted by molar-refractivity contribution is -0.139. The zero-order valence-electron chi connectivity index (χ0n) is 9.98. The molecule has 0 aliphatic carbocycles. The highest BCUT2D eigenvalue weighted by atomic mass is 16.2. The van der Waals surface area contributed by atoms with Crippen molar-refractivity contribution in [1.29, 1.82) is 0 Å². The first-order chi connectivity index (χ1) is 8.72. The molecule has 2 rings (SSSR count). The Bertz CT molecular complexity index is 524. The van der Waals surface area contributed by atoms with Gasteiger partial charge in [0.15, 0.2) is 0 Å². The van der Waals surface area contributed by atoms with Crippen LogP contribution < -0.4 is 5.73 Å². The van der Waals surface area contributed by atoms with E-state index in [1.54, 1.807) is 0 Å². The fraction of sp³-hybridized carbons (Fsp3) is 0.286. The molecule has 1 aliphatic rings. The van der Waals surface area contributed by atoms with E-state index in [1.165, 1.54) is 4.90 Å². The summed E-state index contributed by atoms with van der Waals surface area (Å²) in [6, 6.07) is 7.48. The molecular formula is C14H14N2O2. The van der Waals surface area contributed by atoms with Gasteiger partial charge in [0.1, 0.15) is 0 Å². The van der Waals surface area contributed by atoms with Crippen molar-refractivity contribution in [3.63, 3.8) is 0 Å². The number of hydrogen-bond donors (Lipinski definition) is 1. The third kappa shape index (κ3) is 2.58. The summed E-state index contributed by atoms with van der Waals surface area (Å²) < 4.78 is 0. The van der Waals surface area contributed by atoms with Gasteiger partial charge in [0, 0.05) is 18.4 Å². The van der Waals surface area contributed by atoms with Crippen LogP contribution in [0.25, 0.3) is 0 Å². The Morgan fingerprint density at radius 2 is 1.83 bits per heavy atom. The molecule has 18 heavy (non-hydrogen) atoms. The van der Waals surface area contributed by atoms with Crippen molar-refractivity contribution >= 4 is 11.8 Å². The summed E-state index contributed by atoms with van der Waals surface area (Å²) in [4.78, 5) is 24.4. The largest absolute Gasteiger partial charge is 0.320 e. The van der Waals surface area contributed by atoms with E-state index < -0.39 is 0 Å². The first kappa shape index (κ1) is 12.3. The second-order valence-electron chi connectivity index (χ2n) is 4.04. The number of benzene rings is 1. The second kappa shape index (κ2) is 5.48. The summed E-state index contributed by atoms with van der Waals surface area (Å²) in [7, 11) is 0. The van der Waals surface area contributed by atoms with Crippen LogP contribution >= 0.6 is 0 Å². The van der Waals surface area contributed by atoms with Crippen LogP contribution in [-0.4, -0.2) is 23.3 Å². The zero-order chi connectivity index (χ0) is 13.0. The molecule has 1 aromatic carbocycles. The highest BCUT2D eigenvalue weighted by Crippen LogP contribution is 2.17. The summed E-state index contributed by atoms with van der Waals surface area (Å²) >= 11 is 0. The fourth-order valence-electron chi connectivity index (χ4n) is 1.90. The summed E-state index contributed by atoms with van der Waals surface area (Å²) in [5.41, 5.74) is 7.03. The lowest BCUT2D eigenvalue weighted by atomic mass is 10.1. The van der Waals surface area contributed by atoms with E-state index in [4.69, 9.17) is 5.73 Å². The van der Waals surface area contributed by atoms with Gasteiger partial charge >= 0.3 is 0 Å². The van der Waals surface area contributed by atoms with Crippen LogP contribution in [0.4, 0.5) is 0 Å². The van der Waals surface area contributed by atoms with E-state index in [2.05, 4.69) is 11.8 Å². The predicted molar refractivity (Wildman–Crippen MR) is 67.2 cm³/mol. The second-order valence-corrected chi connectivity index (χ2v) is 4.04. The van der Waals surface area contributed by atoms with E-state index >= 15 is 0 Å². The molecular weight excluding hydrogens is 228 g/mol. The number of rotatable bonds is 2. The number of nitrogens with zero attached hydrogens (tertiary/aromatic N) is 1. The number of hydrogen-bond acceptors (Lipinski definition) is 3. The summed E-state index contributed by atoms with van der Waals surface area (Å²) in [6.45, 7) is 0.586. The van der Waals surface area contributed by atoms with Crippen LogP contribution in [0, 0.1) is 11.8 Å². The van der Waals surface area contributed by atoms with Gasteiger partial charge in [0.2, 0.25) is 11.8 Å². The van der Waals surface area contributed by atoms with Gasteiger partial charge < -0.3 is 5.73 Å². The third-order valence-corrected chi connectivity index (χ3v) is 2.83. The smallest absolute Gasteiger partial charge is 0.229 e. The Morgan fingerprint density at radius 1 is 1.17 bits per heavy atom. The maximum Gasteiger partial charge on any atom is 0.229 e. The quantitative estimate of drug-likeness (QED) is 0.611. The van der Waals surface area contributed by atoms with Gasteiger partial charge in [-0.05, 0) is 11.6 Å². The molecule has 2 N–H and O–H groups in total. The standard InChI is InChI=1S/C14H14N2O2/c15-9-3-6-11-4-1-2-5-12(11)10-16-13(17)7-8-14(16)18/h1-2,4-5H,7-10,15H2. The molecule has 0 bridgehead atoms. The van der Waals surface area contributed by atoms with Crippen LogP contribution in [0.3, 0.4) is 0 Å². The van der Waals surface area contributed by atoms with Crippen molar-refractivity contribution in [3.8, 4) is 11.8 Å². The number of nitrogens with two attached hydrogens (primary N) is 1. The van der Waals surface area contributed by atoms with Gasteiger partial charge in [0.05, 0.1) is 13.1 Å². The van der Waals surface area contributed by atoms with Crippen molar-refractivity contribution in [2.24, 2.45) is 5.73 Å². The minimum Gasteiger partial charge on any atom is -0.320 e. The normalized spacial score (nSPS) is 14.6. The van der Waals surface area contributed by atoms with Crippen molar-refractivity contribution in [2.45, 2.75) is 19.4 Å². The molecule has 0 aromatic heterocycles. The molecule has 0 radical (unpaired) electrons. The molecule has 0 unspecified atom stereocenters. The SMILES string of the molecule is NCC#Cc1ccccc1CN1C(=O)CCC1=O. The number of carbonyl (C=O) groups excluding carboxylic acids is 2. The summed E-state index contributed by atoms with van der Waals surface area (Å²) in [5, 5.41) is 0. The Labute approximate surface area is 106 Å². The highest BCUT2D eigenvalue weighted by molar-refractivity contribution is 6.01. The summed E-state index contributed by atoms with van der Waals surface area (Å²) in [5.74, 6) is 5.51. The molecule has 4 heteroatoms. The monoisotopic (exact) mass is 242 g/mol. The van der Waals surface area contributed by atoms with Crippen LogP contribution in [0.5, 0.6) is 0 Å². The average Bonchev–Trinajstić information content (AvgIpc) is 2.69. The van der Waals surface area contributed by atoms with E-state index in [-0.39, 0.29) is 18.4 Å². The van der Waals surface area contributed by atoms with Crippen LogP contribution in [0.1, 0.15) is 24.0 Å². The number of amides is 2. The van der Waals surface area contributed by atoms with E-state index in [0.29, 0.717) is 19.4 Å². The topological polar surface area (TPSA) is 63.4 Å². The molecule has 0 atom stereocenters. The maximum absolute atomic E-state index is 11.6. The lowest BCUT2D eigenvalue weighted by Crippen LogP contribution is -2.28. The summed E-state index contributed by atoms with van der Waals surface area (Å²) in [6.07, 6.45) is 0.630. The fourth-order valence-corrected chi connectivity index (χ4v) is 1.90. The Balaban J connectivity index is 2.23. The van der Waals surface area contributed by atoms with Crippen molar-refractivity contribution in [1.82, 2.24) is 4.90 Å². The van der Waals surface area contributed by atoms with E-state index in [1.807, 2.05) is 24.3 Å². The molecule has 1 fully saturated rings. The van der Waals surface area contributed by atoms with Gasteiger partial charge in [-0.1, -0.05) is 30.0 Å². The van der Waals surface area contributed by atoms with Gasteiger partial charge in [-0.25, -0.2) is 0 Å². The van der Waals surface area contributed by atoms with Crippen molar-refractivity contribution in [2.75, 3.05) is 6.54 Å². The minimum atomic E-state index is -0.110. The van der Waals surface area contributed by atoms with Gasteiger partial charge in [-0.2, -0.15) is 0 Å². The molecule has 1 saturated heterocycles. The van der Waals surface area contributed by atoms with Gasteiger partial charge in [0.25, 0.3) is 0 Å². The number of carbonyl (C=O) groups is 2. The number of likely N-dealkylation sites (tertiary alicyclic amines) is 1. The molecule has 0 spiro atoms. The first-order valence-electron chi connectivity index (χ1n) is 5.82. The predicted octanol–water partition coefficient (Wildman–Crippen LogP) is 0.646. The minimum absolute atomic E-state index is 0.110. The van der Waals surface area contributed by atoms with Crippen LogP contribution in [-0.2, 0) is 16.1 Å². The van der Waals surface area contributed by atoms with Gasteiger partial charge in [-0.15, -0.1) is 0 Å². The maximum atomic E-state index is 11.6. The Morgan fingerprint density at radius 3 is 2.50 bits per heavy atom. The van der Waals surface area contributed by atoms with E-state index in [9.17, 15) is 9.59 Å². The van der Waals surface area contributed by atoms with Crippen molar-refractivity contribution < 1.29 is 9.59 Å². The highest BCUT2D eigenvalue weighted by Gasteiger charge is 2.28. The molecule has 1 aromatic rings. The Kier molecular flexibility index (Phi) is 3.75. The molecule has 1 heterocycles. The Hall–Kier alpha value is -2.12. The first-order valence-corrected chi connectivity index (χ1v) is 5.82. The van der Waals surface area contributed by atoms with Crippen LogP contribution in [0.2, 0.25) is 0 Å². The van der Waals surface area contributed by atoms with E-state index in [0.717, 1.165) is 11.1 Å². The van der Waals surface area contributed by atoms with Crippen molar-refractivity contribution in [3.05, 3.63) is 35.4 Å². The van der Waals surface area contributed by atoms with Gasteiger partial charge in [-0.3, -0.25) is 14.5 Å². The molecule has 0 saturated carbocycles. The lowest BCUT2D eigenvalue weighted by Gasteiger charge is -2.14. The van der Waals surface area contributed by atoms with Crippen LogP contribution in [0.15, 0.2) is 24.3 Å². The average molecular weight is 242 g/mol. The molecule has 92 valence electrons. The molecule has 1 aliphatic heterocycles. The zero-order valence-corrected chi connectivity index (χ0v) is 9.98. The third-order valence-electron chi connectivity index (χ3n) is 2.83. The molecule has 4 nitrogen and oxygen atoms in total. The number of imide groups is 1. The molecule has 2 amide bonds.